The second-order valence-electron chi connectivity index (χ2n) is 8.53. The smallest absolute Gasteiger partial charge is 0.258 e. The van der Waals surface area contributed by atoms with Crippen LogP contribution in [0.2, 0.25) is 0 Å². The predicted molar refractivity (Wildman–Crippen MR) is 120 cm³/mol. The van der Waals surface area contributed by atoms with Crippen LogP contribution >= 0.6 is 0 Å². The highest BCUT2D eigenvalue weighted by Crippen LogP contribution is 2.26. The van der Waals surface area contributed by atoms with Gasteiger partial charge in [0.15, 0.2) is 6.61 Å². The molecule has 0 aromatic heterocycles. The molecule has 0 saturated carbocycles. The van der Waals surface area contributed by atoms with Crippen molar-refractivity contribution in [2.45, 2.75) is 52.5 Å². The first-order valence-corrected chi connectivity index (χ1v) is 10.8. The van der Waals surface area contributed by atoms with Gasteiger partial charge in [-0.05, 0) is 60.9 Å². The Balaban J connectivity index is 1.52. The van der Waals surface area contributed by atoms with Gasteiger partial charge in [0.1, 0.15) is 5.75 Å². The summed E-state index contributed by atoms with van der Waals surface area (Å²) in [6.07, 6.45) is 2.52. The molecule has 4 heteroatoms. The number of hydrogen-bond donors (Lipinski definition) is 1. The van der Waals surface area contributed by atoms with Crippen LogP contribution in [0.15, 0.2) is 48.5 Å². The Labute approximate surface area is 175 Å². The molecule has 0 spiro atoms. The minimum atomic E-state index is -0.106. The Hall–Kier alpha value is -2.49. The summed E-state index contributed by atoms with van der Waals surface area (Å²) >= 11 is 0. The van der Waals surface area contributed by atoms with E-state index in [1.165, 1.54) is 18.5 Å². The summed E-state index contributed by atoms with van der Waals surface area (Å²) in [5.74, 6) is 1.86. The number of piperidine rings is 1. The zero-order valence-corrected chi connectivity index (χ0v) is 18.2. The van der Waals surface area contributed by atoms with Gasteiger partial charge in [0.25, 0.3) is 5.91 Å². The maximum Gasteiger partial charge on any atom is 0.258 e. The summed E-state index contributed by atoms with van der Waals surface area (Å²) in [7, 11) is 0. The van der Waals surface area contributed by atoms with Gasteiger partial charge in [0.2, 0.25) is 0 Å². The molecule has 1 N–H and O–H groups in total. The lowest BCUT2D eigenvalue weighted by Crippen LogP contribution is -2.33. The van der Waals surface area contributed by atoms with E-state index in [2.05, 4.69) is 55.3 Å². The molecule has 4 nitrogen and oxygen atoms in total. The van der Waals surface area contributed by atoms with Crippen molar-refractivity contribution in [3.63, 3.8) is 0 Å². The summed E-state index contributed by atoms with van der Waals surface area (Å²) in [6.45, 7) is 10.9. The molecule has 1 aliphatic heterocycles. The first-order valence-electron chi connectivity index (χ1n) is 10.8. The molecule has 3 rings (SSSR count). The minimum Gasteiger partial charge on any atom is -0.483 e. The average Bonchev–Trinajstić information content (AvgIpc) is 2.73. The molecule has 29 heavy (non-hydrogen) atoms. The van der Waals surface area contributed by atoms with Crippen molar-refractivity contribution in [2.24, 2.45) is 5.92 Å². The standard InChI is InChI=1S/C25H34N2O2/c1-18(2)23-7-5-6-8-24(23)29-17-25(28)26-20(4)21-9-11-22(12-10-21)27-15-13-19(3)14-16-27/h5-12,18-20H,13-17H2,1-4H3,(H,26,28). The summed E-state index contributed by atoms with van der Waals surface area (Å²) in [4.78, 5) is 14.8. The van der Waals surface area contributed by atoms with Crippen molar-refractivity contribution < 1.29 is 9.53 Å². The number of carbonyl (C=O) groups excluding carboxylic acids is 1. The highest BCUT2D eigenvalue weighted by Gasteiger charge is 2.17. The fraction of sp³-hybridized carbons (Fsp3) is 0.480. The van der Waals surface area contributed by atoms with Crippen LogP contribution in [0.4, 0.5) is 5.69 Å². The van der Waals surface area contributed by atoms with Crippen LogP contribution in [0.1, 0.15) is 63.6 Å². The number of nitrogens with zero attached hydrogens (tertiary/aromatic N) is 1. The highest BCUT2D eigenvalue weighted by atomic mass is 16.5. The lowest BCUT2D eigenvalue weighted by molar-refractivity contribution is -0.123. The molecule has 1 saturated heterocycles. The molecule has 0 bridgehead atoms. The third kappa shape index (κ3) is 5.75. The van der Waals surface area contributed by atoms with Crippen LogP contribution in [0.3, 0.4) is 0 Å². The molecule has 0 aliphatic carbocycles. The Morgan fingerprint density at radius 1 is 1.07 bits per heavy atom. The van der Waals surface area contributed by atoms with Crippen molar-refractivity contribution in [3.8, 4) is 5.75 Å². The van der Waals surface area contributed by atoms with E-state index in [0.717, 1.165) is 35.9 Å². The van der Waals surface area contributed by atoms with E-state index in [9.17, 15) is 4.79 Å². The molecule has 1 unspecified atom stereocenters. The molecule has 2 aromatic rings. The molecule has 156 valence electrons. The van der Waals surface area contributed by atoms with Gasteiger partial charge in [0.05, 0.1) is 6.04 Å². The summed E-state index contributed by atoms with van der Waals surface area (Å²) in [6, 6.07) is 16.4. The third-order valence-electron chi connectivity index (χ3n) is 5.82. The van der Waals surface area contributed by atoms with Crippen LogP contribution in [0.5, 0.6) is 5.75 Å². The summed E-state index contributed by atoms with van der Waals surface area (Å²) < 4.78 is 5.79. The first-order chi connectivity index (χ1) is 13.9. The van der Waals surface area contributed by atoms with Crippen molar-refractivity contribution in [2.75, 3.05) is 24.6 Å². The molecular formula is C25H34N2O2. The summed E-state index contributed by atoms with van der Waals surface area (Å²) in [5, 5.41) is 3.04. The highest BCUT2D eigenvalue weighted by molar-refractivity contribution is 5.78. The molecule has 2 aromatic carbocycles. The normalized spacial score (nSPS) is 16.0. The van der Waals surface area contributed by atoms with Gasteiger partial charge in [-0.15, -0.1) is 0 Å². The number of ether oxygens (including phenoxy) is 1. The van der Waals surface area contributed by atoms with Gasteiger partial charge in [0, 0.05) is 18.8 Å². The SMILES string of the molecule is CC1CCN(c2ccc(C(C)NC(=O)COc3ccccc3C(C)C)cc2)CC1. The zero-order chi connectivity index (χ0) is 20.8. The van der Waals surface area contributed by atoms with Crippen LogP contribution in [-0.2, 0) is 4.79 Å². The van der Waals surface area contributed by atoms with E-state index in [1.54, 1.807) is 0 Å². The molecule has 1 aliphatic rings. The number of anilines is 1. The largest absolute Gasteiger partial charge is 0.483 e. The van der Waals surface area contributed by atoms with Crippen LogP contribution in [0, 0.1) is 5.92 Å². The lowest BCUT2D eigenvalue weighted by atomic mass is 9.98. The van der Waals surface area contributed by atoms with E-state index in [0.29, 0.717) is 5.92 Å². The van der Waals surface area contributed by atoms with E-state index in [4.69, 9.17) is 4.74 Å². The van der Waals surface area contributed by atoms with Crippen molar-refractivity contribution in [1.82, 2.24) is 5.32 Å². The molecule has 1 atom stereocenters. The van der Waals surface area contributed by atoms with Crippen molar-refractivity contribution >= 4 is 11.6 Å². The van der Waals surface area contributed by atoms with E-state index < -0.39 is 0 Å². The monoisotopic (exact) mass is 394 g/mol. The van der Waals surface area contributed by atoms with Gasteiger partial charge < -0.3 is 15.0 Å². The Morgan fingerprint density at radius 3 is 2.38 bits per heavy atom. The van der Waals surface area contributed by atoms with Crippen LogP contribution in [0.25, 0.3) is 0 Å². The van der Waals surface area contributed by atoms with Gasteiger partial charge in [-0.25, -0.2) is 0 Å². The van der Waals surface area contributed by atoms with Crippen molar-refractivity contribution in [3.05, 3.63) is 59.7 Å². The number of carbonyl (C=O) groups is 1. The third-order valence-corrected chi connectivity index (χ3v) is 5.82. The Morgan fingerprint density at radius 2 is 1.72 bits per heavy atom. The maximum absolute atomic E-state index is 12.4. The minimum absolute atomic E-state index is 0.0259. The van der Waals surface area contributed by atoms with E-state index in [-0.39, 0.29) is 18.6 Å². The molecule has 1 heterocycles. The Kier molecular flexibility index (Phi) is 7.18. The van der Waals surface area contributed by atoms with Gasteiger partial charge in [-0.1, -0.05) is 51.1 Å². The molecule has 1 fully saturated rings. The second kappa shape index (κ2) is 9.82. The Bertz CT molecular complexity index is 793. The molecule has 1 amide bonds. The first kappa shape index (κ1) is 21.2. The van der Waals surface area contributed by atoms with Gasteiger partial charge >= 0.3 is 0 Å². The topological polar surface area (TPSA) is 41.6 Å². The number of para-hydroxylation sites is 1. The molecule has 0 radical (unpaired) electrons. The number of nitrogens with one attached hydrogen (secondary N) is 1. The van der Waals surface area contributed by atoms with Crippen molar-refractivity contribution in [1.29, 1.82) is 0 Å². The lowest BCUT2D eigenvalue weighted by Gasteiger charge is -2.32. The van der Waals surface area contributed by atoms with Crippen LogP contribution in [-0.4, -0.2) is 25.6 Å². The maximum atomic E-state index is 12.4. The number of amides is 1. The average molecular weight is 395 g/mol. The van der Waals surface area contributed by atoms with Crippen LogP contribution < -0.4 is 15.0 Å². The predicted octanol–water partition coefficient (Wildman–Crippen LogP) is 5.30. The zero-order valence-electron chi connectivity index (χ0n) is 18.2. The fourth-order valence-electron chi connectivity index (χ4n) is 3.84. The number of rotatable bonds is 7. The fourth-order valence-corrected chi connectivity index (χ4v) is 3.84. The molecular weight excluding hydrogens is 360 g/mol. The number of benzene rings is 2. The van der Waals surface area contributed by atoms with E-state index >= 15 is 0 Å². The number of hydrogen-bond acceptors (Lipinski definition) is 3. The second-order valence-corrected chi connectivity index (χ2v) is 8.53. The van der Waals surface area contributed by atoms with Gasteiger partial charge in [-0.2, -0.15) is 0 Å². The summed E-state index contributed by atoms with van der Waals surface area (Å²) in [5.41, 5.74) is 3.50. The van der Waals surface area contributed by atoms with E-state index in [1.807, 2.05) is 31.2 Å². The van der Waals surface area contributed by atoms with Gasteiger partial charge in [-0.3, -0.25) is 4.79 Å². The quantitative estimate of drug-likeness (QED) is 0.693.